The normalized spacial score (nSPS) is 21.5. The lowest BCUT2D eigenvalue weighted by Gasteiger charge is -2.26. The SMILES string of the molecule is O=C(c1ccc(O)cc1F)N(CC1CC1)CC1CCCN1. The van der Waals surface area contributed by atoms with E-state index in [0.717, 1.165) is 38.3 Å². The molecular formula is C16H21FN2O2. The molecule has 0 spiro atoms. The van der Waals surface area contributed by atoms with Gasteiger partial charge in [-0.3, -0.25) is 4.79 Å². The van der Waals surface area contributed by atoms with E-state index in [4.69, 9.17) is 0 Å². The van der Waals surface area contributed by atoms with Gasteiger partial charge in [-0.1, -0.05) is 0 Å². The van der Waals surface area contributed by atoms with Crippen molar-refractivity contribution >= 4 is 5.91 Å². The third-order valence-electron chi connectivity index (χ3n) is 4.25. The van der Waals surface area contributed by atoms with Gasteiger partial charge in [0.1, 0.15) is 11.6 Å². The number of hydrogen-bond acceptors (Lipinski definition) is 3. The average molecular weight is 292 g/mol. The Morgan fingerprint density at radius 3 is 2.76 bits per heavy atom. The Balaban J connectivity index is 1.75. The van der Waals surface area contributed by atoms with Crippen LogP contribution in [0.25, 0.3) is 0 Å². The molecule has 0 radical (unpaired) electrons. The van der Waals surface area contributed by atoms with Gasteiger partial charge in [-0.15, -0.1) is 0 Å². The van der Waals surface area contributed by atoms with Gasteiger partial charge >= 0.3 is 0 Å². The van der Waals surface area contributed by atoms with Crippen molar-refractivity contribution < 1.29 is 14.3 Å². The number of nitrogens with one attached hydrogen (secondary N) is 1. The van der Waals surface area contributed by atoms with Crippen LogP contribution in [0.15, 0.2) is 18.2 Å². The average Bonchev–Trinajstić information content (AvgIpc) is 3.11. The summed E-state index contributed by atoms with van der Waals surface area (Å²) in [6, 6.07) is 4.04. The Morgan fingerprint density at radius 1 is 1.33 bits per heavy atom. The topological polar surface area (TPSA) is 52.6 Å². The summed E-state index contributed by atoms with van der Waals surface area (Å²) >= 11 is 0. The summed E-state index contributed by atoms with van der Waals surface area (Å²) in [5.74, 6) is -0.515. The van der Waals surface area contributed by atoms with E-state index < -0.39 is 5.82 Å². The van der Waals surface area contributed by atoms with Crippen LogP contribution in [-0.2, 0) is 0 Å². The van der Waals surface area contributed by atoms with Crippen molar-refractivity contribution in [2.75, 3.05) is 19.6 Å². The Labute approximate surface area is 124 Å². The Bertz CT molecular complexity index is 525. The van der Waals surface area contributed by atoms with Gasteiger partial charge in [-0.2, -0.15) is 0 Å². The number of carbonyl (C=O) groups is 1. The van der Waals surface area contributed by atoms with Gasteiger partial charge in [0, 0.05) is 25.2 Å². The van der Waals surface area contributed by atoms with Gasteiger partial charge < -0.3 is 15.3 Å². The molecule has 1 unspecified atom stereocenters. The molecule has 1 saturated carbocycles. The number of halogens is 1. The monoisotopic (exact) mass is 292 g/mol. The van der Waals surface area contributed by atoms with E-state index in [1.165, 1.54) is 12.1 Å². The second-order valence-electron chi connectivity index (χ2n) is 6.11. The van der Waals surface area contributed by atoms with Gasteiger partial charge in [-0.05, 0) is 50.3 Å². The highest BCUT2D eigenvalue weighted by Gasteiger charge is 2.30. The molecule has 1 atom stereocenters. The van der Waals surface area contributed by atoms with Crippen LogP contribution >= 0.6 is 0 Å². The molecule has 21 heavy (non-hydrogen) atoms. The lowest BCUT2D eigenvalue weighted by Crippen LogP contribution is -2.42. The number of nitrogens with zero attached hydrogens (tertiary/aromatic N) is 1. The molecule has 114 valence electrons. The molecule has 2 fully saturated rings. The highest BCUT2D eigenvalue weighted by atomic mass is 19.1. The summed E-state index contributed by atoms with van der Waals surface area (Å²) in [6.07, 6.45) is 4.50. The Hall–Kier alpha value is -1.62. The molecule has 1 aliphatic carbocycles. The van der Waals surface area contributed by atoms with E-state index in [1.54, 1.807) is 4.90 Å². The largest absolute Gasteiger partial charge is 0.508 e. The molecule has 2 aliphatic rings. The number of benzene rings is 1. The first kappa shape index (κ1) is 14.3. The second kappa shape index (κ2) is 6.02. The third kappa shape index (κ3) is 3.53. The van der Waals surface area contributed by atoms with E-state index in [0.29, 0.717) is 25.0 Å². The molecule has 0 bridgehead atoms. The van der Waals surface area contributed by atoms with Gasteiger partial charge in [0.15, 0.2) is 0 Å². The molecular weight excluding hydrogens is 271 g/mol. The third-order valence-corrected chi connectivity index (χ3v) is 4.25. The fourth-order valence-electron chi connectivity index (χ4n) is 2.88. The first-order valence-electron chi connectivity index (χ1n) is 7.64. The van der Waals surface area contributed by atoms with Crippen LogP contribution in [0.1, 0.15) is 36.0 Å². The second-order valence-corrected chi connectivity index (χ2v) is 6.11. The molecule has 1 amide bonds. The van der Waals surface area contributed by atoms with Crippen LogP contribution in [0.5, 0.6) is 5.75 Å². The van der Waals surface area contributed by atoms with Crippen molar-refractivity contribution in [3.8, 4) is 5.75 Å². The molecule has 1 aromatic rings. The molecule has 1 aliphatic heterocycles. The number of aromatic hydroxyl groups is 1. The van der Waals surface area contributed by atoms with Crippen molar-refractivity contribution in [2.24, 2.45) is 5.92 Å². The number of hydrogen-bond donors (Lipinski definition) is 2. The lowest BCUT2D eigenvalue weighted by atomic mass is 10.1. The van der Waals surface area contributed by atoms with Crippen molar-refractivity contribution in [1.82, 2.24) is 10.2 Å². The predicted molar refractivity (Wildman–Crippen MR) is 77.7 cm³/mol. The van der Waals surface area contributed by atoms with Gasteiger partial charge in [0.05, 0.1) is 5.56 Å². The summed E-state index contributed by atoms with van der Waals surface area (Å²) in [5, 5.41) is 12.7. The predicted octanol–water partition coefficient (Wildman–Crippen LogP) is 2.14. The molecule has 1 saturated heterocycles. The van der Waals surface area contributed by atoms with Crippen molar-refractivity contribution in [3.05, 3.63) is 29.6 Å². The lowest BCUT2D eigenvalue weighted by molar-refractivity contribution is 0.0729. The molecule has 1 heterocycles. The highest BCUT2D eigenvalue weighted by molar-refractivity contribution is 5.94. The quantitative estimate of drug-likeness (QED) is 0.874. The summed E-state index contributed by atoms with van der Waals surface area (Å²) in [6.45, 7) is 2.33. The maximum Gasteiger partial charge on any atom is 0.256 e. The van der Waals surface area contributed by atoms with Crippen LogP contribution in [0.2, 0.25) is 0 Å². The minimum Gasteiger partial charge on any atom is -0.508 e. The summed E-state index contributed by atoms with van der Waals surface area (Å²) < 4.78 is 13.9. The Kier molecular flexibility index (Phi) is 4.10. The van der Waals surface area contributed by atoms with Gasteiger partial charge in [0.25, 0.3) is 5.91 Å². The van der Waals surface area contributed by atoms with Crippen LogP contribution in [-0.4, -0.2) is 41.6 Å². The number of phenolic OH excluding ortho intramolecular Hbond substituents is 1. The maximum absolute atomic E-state index is 13.9. The fraction of sp³-hybridized carbons (Fsp3) is 0.562. The van der Waals surface area contributed by atoms with Crippen LogP contribution in [0.4, 0.5) is 4.39 Å². The number of amides is 1. The van der Waals surface area contributed by atoms with Crippen molar-refractivity contribution in [3.63, 3.8) is 0 Å². The van der Waals surface area contributed by atoms with E-state index in [-0.39, 0.29) is 17.2 Å². The Morgan fingerprint density at radius 2 is 2.14 bits per heavy atom. The van der Waals surface area contributed by atoms with Crippen LogP contribution in [0.3, 0.4) is 0 Å². The molecule has 4 nitrogen and oxygen atoms in total. The summed E-state index contributed by atoms with van der Waals surface area (Å²) in [5.41, 5.74) is 0.0476. The molecule has 0 aromatic heterocycles. The number of carbonyl (C=O) groups excluding carboxylic acids is 1. The first-order chi connectivity index (χ1) is 10.1. The van der Waals surface area contributed by atoms with E-state index in [1.807, 2.05) is 0 Å². The minimum atomic E-state index is -0.653. The molecule has 3 rings (SSSR count). The zero-order valence-corrected chi connectivity index (χ0v) is 12.0. The summed E-state index contributed by atoms with van der Waals surface area (Å²) in [7, 11) is 0. The zero-order valence-electron chi connectivity index (χ0n) is 12.0. The van der Waals surface area contributed by atoms with Crippen LogP contribution in [0, 0.1) is 11.7 Å². The zero-order chi connectivity index (χ0) is 14.8. The van der Waals surface area contributed by atoms with Crippen LogP contribution < -0.4 is 5.32 Å². The molecule has 1 aromatic carbocycles. The van der Waals surface area contributed by atoms with E-state index in [9.17, 15) is 14.3 Å². The summed E-state index contributed by atoms with van der Waals surface area (Å²) in [4.78, 5) is 14.4. The van der Waals surface area contributed by atoms with Gasteiger partial charge in [-0.25, -0.2) is 4.39 Å². The smallest absolute Gasteiger partial charge is 0.256 e. The van der Waals surface area contributed by atoms with Gasteiger partial charge in [0.2, 0.25) is 0 Å². The fourth-order valence-corrected chi connectivity index (χ4v) is 2.88. The number of phenols is 1. The van der Waals surface area contributed by atoms with Crippen molar-refractivity contribution in [2.45, 2.75) is 31.7 Å². The van der Waals surface area contributed by atoms with E-state index in [2.05, 4.69) is 5.32 Å². The molecule has 2 N–H and O–H groups in total. The van der Waals surface area contributed by atoms with Crippen molar-refractivity contribution in [1.29, 1.82) is 0 Å². The first-order valence-corrected chi connectivity index (χ1v) is 7.64. The highest BCUT2D eigenvalue weighted by Crippen LogP contribution is 2.30. The number of rotatable bonds is 5. The maximum atomic E-state index is 13.9. The molecule has 5 heteroatoms. The standard InChI is InChI=1S/C16H21FN2O2/c17-15-8-13(20)5-6-14(15)16(21)19(9-11-3-4-11)10-12-2-1-7-18-12/h5-6,8,11-12,18,20H,1-4,7,9-10H2. The minimum absolute atomic E-state index is 0.0476. The van der Waals surface area contributed by atoms with E-state index >= 15 is 0 Å².